The first-order valence-electron chi connectivity index (χ1n) is 10.2. The molecule has 3 aromatic rings. The summed E-state index contributed by atoms with van der Waals surface area (Å²) in [6.45, 7) is 3.86. The van der Waals surface area contributed by atoms with E-state index >= 15 is 0 Å². The number of ketones is 1. The molecule has 1 aromatic carbocycles. The van der Waals surface area contributed by atoms with Gasteiger partial charge in [-0.15, -0.1) is 0 Å². The van der Waals surface area contributed by atoms with E-state index in [4.69, 9.17) is 10.5 Å². The molecule has 156 valence electrons. The van der Waals surface area contributed by atoms with E-state index in [0.29, 0.717) is 34.6 Å². The van der Waals surface area contributed by atoms with Crippen LogP contribution in [-0.2, 0) is 13.5 Å². The van der Waals surface area contributed by atoms with Crippen LogP contribution in [0, 0.1) is 23.7 Å². The minimum atomic E-state index is -0.525. The lowest BCUT2D eigenvalue weighted by Gasteiger charge is -2.22. The second kappa shape index (κ2) is 6.64. The molecule has 8 nitrogen and oxygen atoms in total. The Bertz CT molecular complexity index is 1280. The number of fused-ring (bicyclic) bond motifs is 5. The number of nitriles is 1. The second-order valence-corrected chi connectivity index (χ2v) is 8.49. The van der Waals surface area contributed by atoms with Gasteiger partial charge in [0, 0.05) is 30.0 Å². The lowest BCUT2D eigenvalue weighted by atomic mass is 9.85. The third-order valence-corrected chi connectivity index (χ3v) is 6.27. The molecule has 2 aliphatic rings. The van der Waals surface area contributed by atoms with Crippen LogP contribution < -0.4 is 10.5 Å². The first-order valence-corrected chi connectivity index (χ1v) is 10.2. The molecule has 2 bridgehead atoms. The second-order valence-electron chi connectivity index (χ2n) is 8.49. The molecule has 1 spiro atoms. The van der Waals surface area contributed by atoms with Crippen LogP contribution in [0.25, 0.3) is 11.3 Å². The number of aryl methyl sites for hydroxylation is 2. The van der Waals surface area contributed by atoms with Crippen molar-refractivity contribution < 1.29 is 9.53 Å². The van der Waals surface area contributed by atoms with Gasteiger partial charge in [-0.25, -0.2) is 9.97 Å². The number of carbonyl (C=O) groups is 1. The Labute approximate surface area is 179 Å². The first kappa shape index (κ1) is 19.2. The maximum Gasteiger partial charge on any atom is 0.258 e. The average molecular weight is 414 g/mol. The Balaban J connectivity index is 1.78. The molecule has 8 heteroatoms. The summed E-state index contributed by atoms with van der Waals surface area (Å²) in [6.07, 6.45) is 3.08. The number of hydrogen-bond donors (Lipinski definition) is 1. The minimum absolute atomic E-state index is 0.0938. The van der Waals surface area contributed by atoms with Gasteiger partial charge in [0.05, 0.1) is 23.1 Å². The summed E-state index contributed by atoms with van der Waals surface area (Å²) in [5, 5.41) is 14.3. The number of anilines is 1. The fraction of sp³-hybridized carbons (Fsp3) is 0.348. The Morgan fingerprint density at radius 1 is 1.35 bits per heavy atom. The summed E-state index contributed by atoms with van der Waals surface area (Å²) in [5.74, 6) is 0.414. The number of hydrogen-bond acceptors (Lipinski definition) is 7. The number of Topliss-reactive ketones (excluding diaryl/α,β-unsaturated/α-hetero) is 1. The van der Waals surface area contributed by atoms with Gasteiger partial charge in [-0.1, -0.05) is 23.8 Å². The van der Waals surface area contributed by atoms with Gasteiger partial charge < -0.3 is 10.5 Å². The molecule has 0 unspecified atom stereocenters. The fourth-order valence-corrected chi connectivity index (χ4v) is 4.39. The van der Waals surface area contributed by atoms with Crippen molar-refractivity contribution in [1.29, 1.82) is 5.26 Å². The van der Waals surface area contributed by atoms with E-state index in [9.17, 15) is 10.1 Å². The number of rotatable bonds is 0. The Kier molecular flexibility index (Phi) is 4.12. The molecule has 0 amide bonds. The van der Waals surface area contributed by atoms with Gasteiger partial charge in [-0.2, -0.15) is 10.4 Å². The molecular weight excluding hydrogens is 392 g/mol. The molecule has 3 heterocycles. The highest BCUT2D eigenvalue weighted by Gasteiger charge is 2.51. The topological polar surface area (TPSA) is 120 Å². The smallest absolute Gasteiger partial charge is 0.258 e. The van der Waals surface area contributed by atoms with Crippen LogP contribution in [0.4, 0.5) is 5.82 Å². The van der Waals surface area contributed by atoms with E-state index in [1.807, 2.05) is 32.0 Å². The lowest BCUT2D eigenvalue weighted by Crippen LogP contribution is -2.23. The van der Waals surface area contributed by atoms with Crippen LogP contribution in [0.5, 0.6) is 5.88 Å². The van der Waals surface area contributed by atoms with Gasteiger partial charge in [-0.3, -0.25) is 9.48 Å². The van der Waals surface area contributed by atoms with Crippen LogP contribution in [-0.4, -0.2) is 25.5 Å². The zero-order valence-electron chi connectivity index (χ0n) is 17.6. The monoisotopic (exact) mass is 414 g/mol. The number of nitrogens with zero attached hydrogens (tertiary/aromatic N) is 5. The highest BCUT2D eigenvalue weighted by Crippen LogP contribution is 2.52. The average Bonchev–Trinajstić information content (AvgIpc) is 3.45. The van der Waals surface area contributed by atoms with Gasteiger partial charge in [0.25, 0.3) is 5.88 Å². The van der Waals surface area contributed by atoms with Crippen molar-refractivity contribution in [1.82, 2.24) is 19.7 Å². The Hall–Kier alpha value is -3.73. The van der Waals surface area contributed by atoms with E-state index in [1.54, 1.807) is 7.05 Å². The molecule has 2 N–H and O–H groups in total. The van der Waals surface area contributed by atoms with Crippen LogP contribution in [0.2, 0.25) is 0 Å². The number of carbonyl (C=O) groups excluding carboxylic acids is 1. The molecule has 0 saturated heterocycles. The van der Waals surface area contributed by atoms with Crippen molar-refractivity contribution in [2.24, 2.45) is 12.5 Å². The Morgan fingerprint density at radius 3 is 2.84 bits per heavy atom. The van der Waals surface area contributed by atoms with Crippen molar-refractivity contribution in [3.8, 4) is 23.2 Å². The quantitative estimate of drug-likeness (QED) is 0.599. The summed E-state index contributed by atoms with van der Waals surface area (Å²) in [7, 11) is 1.72. The van der Waals surface area contributed by atoms with Gasteiger partial charge in [0.1, 0.15) is 17.9 Å². The number of ether oxygens (including phenoxy) is 1. The number of nitrogen functional groups attached to an aromatic ring is 1. The van der Waals surface area contributed by atoms with E-state index in [2.05, 4.69) is 21.1 Å². The third kappa shape index (κ3) is 2.96. The molecule has 1 saturated carbocycles. The SMILES string of the molecule is Cc1ccc2c(c1)[C@@H](C)Oc1nc(cnc1N)-c1c(nn(C)c1C#N)CC1(CC1)C2=O. The fourth-order valence-electron chi connectivity index (χ4n) is 4.39. The van der Waals surface area contributed by atoms with Crippen molar-refractivity contribution in [3.05, 3.63) is 52.5 Å². The molecule has 31 heavy (non-hydrogen) atoms. The predicted octanol–water partition coefficient (Wildman–Crippen LogP) is 3.30. The third-order valence-electron chi connectivity index (χ3n) is 6.27. The van der Waals surface area contributed by atoms with Crippen LogP contribution >= 0.6 is 0 Å². The molecule has 1 aliphatic heterocycles. The molecule has 1 fully saturated rings. The van der Waals surface area contributed by atoms with Gasteiger partial charge in [0.2, 0.25) is 0 Å². The van der Waals surface area contributed by atoms with Gasteiger partial charge >= 0.3 is 0 Å². The van der Waals surface area contributed by atoms with Crippen molar-refractivity contribution in [2.75, 3.05) is 5.73 Å². The van der Waals surface area contributed by atoms with Gasteiger partial charge in [0.15, 0.2) is 11.6 Å². The van der Waals surface area contributed by atoms with E-state index in [0.717, 1.165) is 24.0 Å². The molecule has 1 atom stereocenters. The van der Waals surface area contributed by atoms with Gasteiger partial charge in [-0.05, 0) is 26.7 Å². The highest BCUT2D eigenvalue weighted by atomic mass is 16.5. The van der Waals surface area contributed by atoms with Crippen LogP contribution in [0.1, 0.15) is 58.7 Å². The van der Waals surface area contributed by atoms with Crippen molar-refractivity contribution in [2.45, 2.75) is 39.2 Å². The molecule has 1 aliphatic carbocycles. The van der Waals surface area contributed by atoms with E-state index in [-0.39, 0.29) is 17.5 Å². The summed E-state index contributed by atoms with van der Waals surface area (Å²) in [6, 6.07) is 8.01. The summed E-state index contributed by atoms with van der Waals surface area (Å²) >= 11 is 0. The Morgan fingerprint density at radius 2 is 2.13 bits per heavy atom. The number of nitrogens with two attached hydrogens (primary N) is 1. The zero-order chi connectivity index (χ0) is 21.9. The van der Waals surface area contributed by atoms with Crippen LogP contribution in [0.3, 0.4) is 0 Å². The summed E-state index contributed by atoms with van der Waals surface area (Å²) < 4.78 is 7.64. The molecular formula is C23H22N6O2. The highest BCUT2D eigenvalue weighted by molar-refractivity contribution is 6.04. The lowest BCUT2D eigenvalue weighted by molar-refractivity contribution is 0.0893. The summed E-state index contributed by atoms with van der Waals surface area (Å²) in [5.41, 5.74) is 10.1. The standard InChI is InChI=1S/C23H22N6O2/c1-12-4-5-14-15(8-12)13(2)31-22-21(25)26-11-17(27-22)19-16(28-29(3)18(19)10-24)9-23(6-7-23)20(14)30/h4-5,8,11,13H,6-7,9H2,1-3H3,(H2,25,26)/t13-/m1/s1. The molecule has 2 aromatic heterocycles. The van der Waals surface area contributed by atoms with Crippen molar-refractivity contribution in [3.63, 3.8) is 0 Å². The number of benzene rings is 1. The predicted molar refractivity (Wildman–Crippen MR) is 113 cm³/mol. The summed E-state index contributed by atoms with van der Waals surface area (Å²) in [4.78, 5) is 22.6. The van der Waals surface area contributed by atoms with E-state index in [1.165, 1.54) is 10.9 Å². The number of aromatic nitrogens is 4. The zero-order valence-corrected chi connectivity index (χ0v) is 17.6. The maximum absolute atomic E-state index is 13.7. The normalized spacial score (nSPS) is 18.8. The largest absolute Gasteiger partial charge is 0.467 e. The van der Waals surface area contributed by atoms with Crippen LogP contribution in [0.15, 0.2) is 24.4 Å². The minimum Gasteiger partial charge on any atom is -0.467 e. The van der Waals surface area contributed by atoms with Crippen molar-refractivity contribution >= 4 is 11.6 Å². The van der Waals surface area contributed by atoms with E-state index < -0.39 is 11.5 Å². The maximum atomic E-state index is 13.7. The first-order chi connectivity index (χ1) is 14.8. The molecule has 0 radical (unpaired) electrons. The molecule has 5 rings (SSSR count).